The van der Waals surface area contributed by atoms with E-state index in [-0.39, 0.29) is 5.28 Å². The van der Waals surface area contributed by atoms with E-state index >= 15 is 0 Å². The van der Waals surface area contributed by atoms with Gasteiger partial charge in [0, 0.05) is 0 Å². The van der Waals surface area contributed by atoms with Gasteiger partial charge in [-0.3, -0.25) is 0 Å². The zero-order valence-electron chi connectivity index (χ0n) is 8.68. The third-order valence-corrected chi connectivity index (χ3v) is 2.27. The Labute approximate surface area is 103 Å². The topological polar surface area (TPSA) is 87.6 Å². The zero-order valence-corrected chi connectivity index (χ0v) is 9.44. The molecule has 0 fully saturated rings. The summed E-state index contributed by atoms with van der Waals surface area (Å²) in [7, 11) is 0. The highest BCUT2D eigenvalue weighted by molar-refractivity contribution is 6.28. The first-order valence-electron chi connectivity index (χ1n) is 4.75. The van der Waals surface area contributed by atoms with E-state index in [1.165, 1.54) is 6.20 Å². The lowest BCUT2D eigenvalue weighted by atomic mass is 10.2. The highest BCUT2D eigenvalue weighted by Crippen LogP contribution is 2.23. The predicted octanol–water partition coefficient (Wildman–Crippen LogP) is 2.33. The molecular weight excluding hydrogens is 238 g/mol. The third-order valence-electron chi connectivity index (χ3n) is 2.09. The molecule has 0 amide bonds. The number of para-hydroxylation sites is 1. The molecule has 6 heteroatoms. The largest absolute Gasteiger partial charge is 0.394 e. The normalized spacial score (nSPS) is 9.65. The van der Waals surface area contributed by atoms with E-state index in [1.807, 2.05) is 6.07 Å². The lowest BCUT2D eigenvalue weighted by Gasteiger charge is -2.08. The Morgan fingerprint density at radius 1 is 1.35 bits per heavy atom. The summed E-state index contributed by atoms with van der Waals surface area (Å²) in [6.45, 7) is 0. The Balaban J connectivity index is 2.38. The smallest absolute Gasteiger partial charge is 0.224 e. The van der Waals surface area contributed by atoms with Crippen LogP contribution in [0.5, 0.6) is 0 Å². The molecule has 0 bridgehead atoms. The van der Waals surface area contributed by atoms with E-state index in [0.29, 0.717) is 22.8 Å². The van der Waals surface area contributed by atoms with Gasteiger partial charge in [0.25, 0.3) is 0 Å². The van der Waals surface area contributed by atoms with Crippen LogP contribution in [0.25, 0.3) is 0 Å². The fraction of sp³-hybridized carbons (Fsp3) is 0. The molecule has 0 saturated carbocycles. The molecule has 2 rings (SSSR count). The maximum absolute atomic E-state index is 8.94. The van der Waals surface area contributed by atoms with Gasteiger partial charge in [-0.15, -0.1) is 0 Å². The zero-order chi connectivity index (χ0) is 12.3. The fourth-order valence-electron chi connectivity index (χ4n) is 1.29. The van der Waals surface area contributed by atoms with Crippen molar-refractivity contribution in [3.63, 3.8) is 0 Å². The van der Waals surface area contributed by atoms with Crippen LogP contribution in [0.1, 0.15) is 5.56 Å². The molecule has 3 N–H and O–H groups in total. The maximum atomic E-state index is 8.94. The van der Waals surface area contributed by atoms with E-state index in [9.17, 15) is 0 Å². The molecule has 0 spiro atoms. The third kappa shape index (κ3) is 2.44. The summed E-state index contributed by atoms with van der Waals surface area (Å²) in [6.07, 6.45) is 1.41. The first kappa shape index (κ1) is 11.2. The van der Waals surface area contributed by atoms with E-state index in [2.05, 4.69) is 21.4 Å². The van der Waals surface area contributed by atoms with E-state index in [0.717, 1.165) is 0 Å². The summed E-state index contributed by atoms with van der Waals surface area (Å²) in [5, 5.41) is 12.0. The maximum Gasteiger partial charge on any atom is 0.224 e. The molecule has 0 aliphatic heterocycles. The van der Waals surface area contributed by atoms with Crippen LogP contribution in [0.4, 0.5) is 17.2 Å². The van der Waals surface area contributed by atoms with Crippen molar-refractivity contribution in [3.05, 3.63) is 41.3 Å². The van der Waals surface area contributed by atoms with Crippen molar-refractivity contribution >= 4 is 28.8 Å². The molecule has 84 valence electrons. The van der Waals surface area contributed by atoms with Crippen molar-refractivity contribution in [3.8, 4) is 6.07 Å². The Kier molecular flexibility index (Phi) is 3.08. The summed E-state index contributed by atoms with van der Waals surface area (Å²) >= 11 is 5.67. The Hall–Kier alpha value is -2.32. The number of nitrogens with one attached hydrogen (secondary N) is 1. The van der Waals surface area contributed by atoms with Crippen LogP contribution in [0.15, 0.2) is 30.5 Å². The second kappa shape index (κ2) is 4.68. The molecule has 0 atom stereocenters. The number of hydrogen-bond donors (Lipinski definition) is 2. The number of halogens is 1. The number of nitrogen functional groups attached to an aromatic ring is 1. The standard InChI is InChI=1S/C11H8ClN5/c12-11-15-6-8(14)10(17-11)16-9-4-2-1-3-7(9)5-13/h1-4,6H,14H2,(H,15,16,17). The molecule has 0 aliphatic rings. The van der Waals surface area contributed by atoms with Crippen LogP contribution in [0, 0.1) is 11.3 Å². The number of hydrogen-bond acceptors (Lipinski definition) is 5. The number of rotatable bonds is 2. The van der Waals surface area contributed by atoms with Crippen molar-refractivity contribution < 1.29 is 0 Å². The Bertz CT molecular complexity index is 591. The lowest BCUT2D eigenvalue weighted by molar-refractivity contribution is 1.17. The van der Waals surface area contributed by atoms with Crippen LogP contribution in [0.3, 0.4) is 0 Å². The van der Waals surface area contributed by atoms with Gasteiger partial charge in [0.15, 0.2) is 5.82 Å². The molecule has 0 saturated heterocycles. The van der Waals surface area contributed by atoms with E-state index in [1.54, 1.807) is 18.2 Å². The van der Waals surface area contributed by atoms with Gasteiger partial charge in [0.1, 0.15) is 6.07 Å². The second-order valence-electron chi connectivity index (χ2n) is 3.23. The minimum atomic E-state index is 0.0936. The molecule has 2 aromatic rings. The van der Waals surface area contributed by atoms with Gasteiger partial charge in [0.2, 0.25) is 5.28 Å². The molecule has 1 heterocycles. The fourth-order valence-corrected chi connectivity index (χ4v) is 1.42. The van der Waals surface area contributed by atoms with Crippen LogP contribution in [0.2, 0.25) is 5.28 Å². The Morgan fingerprint density at radius 3 is 2.88 bits per heavy atom. The van der Waals surface area contributed by atoms with E-state index in [4.69, 9.17) is 22.6 Å². The molecule has 1 aromatic heterocycles. The second-order valence-corrected chi connectivity index (χ2v) is 3.56. The Morgan fingerprint density at radius 2 is 2.12 bits per heavy atom. The SMILES string of the molecule is N#Cc1ccccc1Nc1nc(Cl)ncc1N. The first-order chi connectivity index (χ1) is 8.20. The summed E-state index contributed by atoms with van der Waals surface area (Å²) in [6, 6.07) is 9.11. The highest BCUT2D eigenvalue weighted by atomic mass is 35.5. The van der Waals surface area contributed by atoms with Crippen molar-refractivity contribution in [2.45, 2.75) is 0 Å². The van der Waals surface area contributed by atoms with Crippen molar-refractivity contribution in [2.24, 2.45) is 0 Å². The quantitative estimate of drug-likeness (QED) is 0.793. The van der Waals surface area contributed by atoms with Gasteiger partial charge in [-0.1, -0.05) is 12.1 Å². The number of nitriles is 1. The highest BCUT2D eigenvalue weighted by Gasteiger charge is 2.06. The van der Waals surface area contributed by atoms with Crippen molar-refractivity contribution in [1.29, 1.82) is 5.26 Å². The number of benzene rings is 1. The minimum Gasteiger partial charge on any atom is -0.394 e. The van der Waals surface area contributed by atoms with Gasteiger partial charge in [-0.2, -0.15) is 10.2 Å². The van der Waals surface area contributed by atoms with Crippen molar-refractivity contribution in [1.82, 2.24) is 9.97 Å². The number of nitrogens with zero attached hydrogens (tertiary/aromatic N) is 3. The average molecular weight is 246 g/mol. The molecule has 17 heavy (non-hydrogen) atoms. The van der Waals surface area contributed by atoms with Crippen LogP contribution in [-0.4, -0.2) is 9.97 Å². The summed E-state index contributed by atoms with van der Waals surface area (Å²) in [4.78, 5) is 7.70. The molecule has 5 nitrogen and oxygen atoms in total. The molecule has 1 aromatic carbocycles. The van der Waals surface area contributed by atoms with Gasteiger partial charge in [-0.25, -0.2) is 4.98 Å². The van der Waals surface area contributed by atoms with Crippen LogP contribution < -0.4 is 11.1 Å². The molecular formula is C11H8ClN5. The molecule has 0 unspecified atom stereocenters. The summed E-state index contributed by atoms with van der Waals surface area (Å²) in [5.74, 6) is 0.382. The van der Waals surface area contributed by atoms with Crippen LogP contribution in [-0.2, 0) is 0 Å². The minimum absolute atomic E-state index is 0.0936. The van der Waals surface area contributed by atoms with E-state index < -0.39 is 0 Å². The van der Waals surface area contributed by atoms with Crippen LogP contribution >= 0.6 is 11.6 Å². The van der Waals surface area contributed by atoms with Gasteiger partial charge in [-0.05, 0) is 23.7 Å². The molecule has 0 aliphatic carbocycles. The number of nitrogens with two attached hydrogens (primary N) is 1. The van der Waals surface area contributed by atoms with Gasteiger partial charge < -0.3 is 11.1 Å². The average Bonchev–Trinajstić information content (AvgIpc) is 2.34. The van der Waals surface area contributed by atoms with Crippen molar-refractivity contribution in [2.75, 3.05) is 11.1 Å². The monoisotopic (exact) mass is 245 g/mol. The lowest BCUT2D eigenvalue weighted by Crippen LogP contribution is -2.01. The first-order valence-corrected chi connectivity index (χ1v) is 5.12. The van der Waals surface area contributed by atoms with Gasteiger partial charge in [0.05, 0.1) is 23.1 Å². The van der Waals surface area contributed by atoms with Gasteiger partial charge >= 0.3 is 0 Å². The number of anilines is 3. The predicted molar refractivity (Wildman–Crippen MR) is 65.9 cm³/mol. The summed E-state index contributed by atoms with van der Waals surface area (Å²) < 4.78 is 0. The summed E-state index contributed by atoms with van der Waals surface area (Å²) in [5.41, 5.74) is 7.19. The molecule has 0 radical (unpaired) electrons. The number of aromatic nitrogens is 2.